The molecule has 0 unspecified atom stereocenters. The summed E-state index contributed by atoms with van der Waals surface area (Å²) in [4.78, 5) is 16.8. The van der Waals surface area contributed by atoms with Crippen LogP contribution in [0, 0.1) is 12.7 Å². The number of aromatic hydroxyl groups is 1. The number of carbonyl (C=O) groups is 1. The van der Waals surface area contributed by atoms with E-state index >= 15 is 0 Å². The van der Waals surface area contributed by atoms with E-state index in [1.165, 1.54) is 41.7 Å². The first-order chi connectivity index (χ1) is 12.2. The molecule has 0 spiro atoms. The van der Waals surface area contributed by atoms with Crippen molar-refractivity contribution in [1.82, 2.24) is 9.38 Å². The van der Waals surface area contributed by atoms with Gasteiger partial charge in [-0.2, -0.15) is 0 Å². The predicted molar refractivity (Wildman–Crippen MR) is 93.7 cm³/mol. The SMILES string of the molecule is CCS(=O)(=O)c1ccc(O)c(NC(=O)c2c(C)nc3ccc(F)cn23)c1. The minimum atomic E-state index is -3.51. The zero-order valence-electron chi connectivity index (χ0n) is 14.0. The summed E-state index contributed by atoms with van der Waals surface area (Å²) in [5.74, 6) is -1.59. The van der Waals surface area contributed by atoms with E-state index in [0.717, 1.165) is 6.20 Å². The van der Waals surface area contributed by atoms with E-state index in [1.807, 2.05) is 0 Å². The molecule has 0 radical (unpaired) electrons. The summed E-state index contributed by atoms with van der Waals surface area (Å²) >= 11 is 0. The number of aromatic nitrogens is 2. The summed E-state index contributed by atoms with van der Waals surface area (Å²) < 4.78 is 38.8. The summed E-state index contributed by atoms with van der Waals surface area (Å²) in [6.45, 7) is 3.09. The zero-order chi connectivity index (χ0) is 19.1. The average Bonchev–Trinajstić information content (AvgIpc) is 2.91. The number of rotatable bonds is 4. The minimum Gasteiger partial charge on any atom is -0.506 e. The van der Waals surface area contributed by atoms with Gasteiger partial charge in [-0.3, -0.25) is 9.20 Å². The first kappa shape index (κ1) is 17.9. The number of nitrogens with one attached hydrogen (secondary N) is 1. The number of hydrogen-bond donors (Lipinski definition) is 2. The highest BCUT2D eigenvalue weighted by atomic mass is 32.2. The second-order valence-electron chi connectivity index (χ2n) is 5.66. The van der Waals surface area contributed by atoms with Crippen molar-refractivity contribution in [2.24, 2.45) is 0 Å². The number of hydrogen-bond acceptors (Lipinski definition) is 5. The van der Waals surface area contributed by atoms with Gasteiger partial charge in [0.2, 0.25) is 0 Å². The van der Waals surface area contributed by atoms with Crippen LogP contribution in [0.3, 0.4) is 0 Å². The van der Waals surface area contributed by atoms with Gasteiger partial charge >= 0.3 is 0 Å². The number of benzene rings is 1. The topological polar surface area (TPSA) is 101 Å². The molecule has 136 valence electrons. The van der Waals surface area contributed by atoms with Gasteiger partial charge in [0, 0.05) is 6.20 Å². The number of pyridine rings is 1. The highest BCUT2D eigenvalue weighted by molar-refractivity contribution is 7.91. The van der Waals surface area contributed by atoms with Gasteiger partial charge in [-0.15, -0.1) is 0 Å². The monoisotopic (exact) mass is 377 g/mol. The number of nitrogens with zero attached hydrogens (tertiary/aromatic N) is 2. The molecule has 0 atom stereocenters. The number of anilines is 1. The number of carbonyl (C=O) groups excluding carboxylic acids is 1. The Morgan fingerprint density at radius 2 is 2.04 bits per heavy atom. The highest BCUT2D eigenvalue weighted by Gasteiger charge is 2.20. The maximum Gasteiger partial charge on any atom is 0.274 e. The number of imidazole rings is 1. The highest BCUT2D eigenvalue weighted by Crippen LogP contribution is 2.28. The number of sulfone groups is 1. The first-order valence-corrected chi connectivity index (χ1v) is 9.39. The number of phenols is 1. The van der Waals surface area contributed by atoms with E-state index < -0.39 is 21.6 Å². The van der Waals surface area contributed by atoms with E-state index in [0.29, 0.717) is 11.3 Å². The Hall–Kier alpha value is -2.94. The van der Waals surface area contributed by atoms with E-state index in [-0.39, 0.29) is 27.8 Å². The van der Waals surface area contributed by atoms with Gasteiger partial charge < -0.3 is 10.4 Å². The molecule has 26 heavy (non-hydrogen) atoms. The third-order valence-corrected chi connectivity index (χ3v) is 5.66. The quantitative estimate of drug-likeness (QED) is 0.681. The number of aryl methyl sites for hydroxylation is 1. The lowest BCUT2D eigenvalue weighted by atomic mass is 10.2. The van der Waals surface area contributed by atoms with Crippen molar-refractivity contribution >= 4 is 27.1 Å². The molecule has 0 aliphatic rings. The molecule has 2 aromatic heterocycles. The van der Waals surface area contributed by atoms with E-state index in [4.69, 9.17) is 0 Å². The molecule has 1 amide bonds. The third kappa shape index (κ3) is 3.13. The lowest BCUT2D eigenvalue weighted by Crippen LogP contribution is -2.16. The third-order valence-electron chi connectivity index (χ3n) is 3.93. The molecule has 0 fully saturated rings. The number of fused-ring (bicyclic) bond motifs is 1. The lowest BCUT2D eigenvalue weighted by molar-refractivity contribution is 0.102. The van der Waals surface area contributed by atoms with Crippen molar-refractivity contribution in [2.75, 3.05) is 11.1 Å². The van der Waals surface area contributed by atoms with Gasteiger partial charge in [0.15, 0.2) is 9.84 Å². The van der Waals surface area contributed by atoms with Crippen LogP contribution in [0.25, 0.3) is 5.65 Å². The van der Waals surface area contributed by atoms with Gasteiger partial charge in [-0.25, -0.2) is 17.8 Å². The van der Waals surface area contributed by atoms with Crippen LogP contribution in [0.15, 0.2) is 41.4 Å². The van der Waals surface area contributed by atoms with Gasteiger partial charge in [0.1, 0.15) is 22.9 Å². The molecule has 0 aliphatic carbocycles. The van der Waals surface area contributed by atoms with Crippen molar-refractivity contribution < 1.29 is 22.7 Å². The maximum atomic E-state index is 13.5. The van der Waals surface area contributed by atoms with Crippen LogP contribution in [-0.4, -0.2) is 34.6 Å². The molecule has 2 N–H and O–H groups in total. The Labute approximate surface area is 149 Å². The summed E-state index contributed by atoms with van der Waals surface area (Å²) in [6, 6.07) is 6.31. The van der Waals surface area contributed by atoms with Crippen LogP contribution in [0.1, 0.15) is 23.1 Å². The molecule has 3 aromatic rings. The van der Waals surface area contributed by atoms with Gasteiger partial charge in [-0.05, 0) is 37.3 Å². The summed E-state index contributed by atoms with van der Waals surface area (Å²) in [5, 5.41) is 12.4. The van der Waals surface area contributed by atoms with Crippen LogP contribution < -0.4 is 5.32 Å². The molecule has 0 saturated heterocycles. The normalized spacial score (nSPS) is 11.7. The van der Waals surface area contributed by atoms with Crippen molar-refractivity contribution in [3.8, 4) is 5.75 Å². The van der Waals surface area contributed by atoms with Gasteiger partial charge in [0.05, 0.1) is 22.0 Å². The lowest BCUT2D eigenvalue weighted by Gasteiger charge is -2.10. The van der Waals surface area contributed by atoms with Crippen LogP contribution in [0.2, 0.25) is 0 Å². The van der Waals surface area contributed by atoms with Crippen molar-refractivity contribution in [3.63, 3.8) is 0 Å². The smallest absolute Gasteiger partial charge is 0.274 e. The van der Waals surface area contributed by atoms with Crippen molar-refractivity contribution in [3.05, 3.63) is 53.7 Å². The largest absolute Gasteiger partial charge is 0.506 e. The number of phenolic OH excluding ortho intramolecular Hbond substituents is 1. The summed E-state index contributed by atoms with van der Waals surface area (Å²) in [6.07, 6.45) is 1.13. The average molecular weight is 377 g/mol. The Kier molecular flexibility index (Phi) is 4.41. The van der Waals surface area contributed by atoms with Crippen LogP contribution in [0.4, 0.5) is 10.1 Å². The van der Waals surface area contributed by atoms with Crippen molar-refractivity contribution in [2.45, 2.75) is 18.7 Å². The molecule has 0 aliphatic heterocycles. The number of halogens is 1. The van der Waals surface area contributed by atoms with Crippen LogP contribution >= 0.6 is 0 Å². The minimum absolute atomic E-state index is 0.0194. The summed E-state index contributed by atoms with van der Waals surface area (Å²) in [5.41, 5.74) is 0.781. The van der Waals surface area contributed by atoms with Crippen LogP contribution in [0.5, 0.6) is 5.75 Å². The molecule has 9 heteroatoms. The predicted octanol–water partition coefficient (Wildman–Crippen LogP) is 2.53. The van der Waals surface area contributed by atoms with Gasteiger partial charge in [0.25, 0.3) is 5.91 Å². The Morgan fingerprint density at radius 1 is 1.31 bits per heavy atom. The van der Waals surface area contributed by atoms with Crippen molar-refractivity contribution in [1.29, 1.82) is 0 Å². The fraction of sp³-hybridized carbons (Fsp3) is 0.176. The zero-order valence-corrected chi connectivity index (χ0v) is 14.8. The molecule has 2 heterocycles. The fourth-order valence-corrected chi connectivity index (χ4v) is 3.47. The molecular formula is C17H16FN3O4S. The Morgan fingerprint density at radius 3 is 2.73 bits per heavy atom. The standard InChI is InChI=1S/C17H16FN3O4S/c1-3-26(24,25)12-5-6-14(22)13(8-12)20-17(23)16-10(2)19-15-7-4-11(18)9-21(15)16/h4-9,22H,3H2,1-2H3,(H,20,23). The van der Waals surface area contributed by atoms with Gasteiger partial charge in [-0.1, -0.05) is 6.92 Å². The molecule has 7 nitrogen and oxygen atoms in total. The van der Waals surface area contributed by atoms with E-state index in [9.17, 15) is 22.7 Å². The first-order valence-electron chi connectivity index (χ1n) is 7.74. The number of amides is 1. The van der Waals surface area contributed by atoms with Crippen LogP contribution in [-0.2, 0) is 9.84 Å². The second-order valence-corrected chi connectivity index (χ2v) is 7.94. The molecular weight excluding hydrogens is 361 g/mol. The molecule has 3 rings (SSSR count). The summed E-state index contributed by atoms with van der Waals surface area (Å²) in [7, 11) is -3.51. The van der Waals surface area contributed by atoms with E-state index in [1.54, 1.807) is 6.92 Å². The Balaban J connectivity index is 2.03. The van der Waals surface area contributed by atoms with E-state index in [2.05, 4.69) is 10.3 Å². The molecule has 0 bridgehead atoms. The molecule has 1 aromatic carbocycles. The fourth-order valence-electron chi connectivity index (χ4n) is 2.57. The second kappa shape index (κ2) is 6.41. The maximum absolute atomic E-state index is 13.5. The Bertz CT molecular complexity index is 1120. The molecule has 0 saturated carbocycles.